The summed E-state index contributed by atoms with van der Waals surface area (Å²) in [6, 6.07) is 13.6. The Hall–Kier alpha value is -2.65. The molecule has 9 heteroatoms. The van der Waals surface area contributed by atoms with Crippen molar-refractivity contribution >= 4 is 23.6 Å². The lowest BCUT2D eigenvalue weighted by Crippen LogP contribution is -2.55. The van der Waals surface area contributed by atoms with Crippen molar-refractivity contribution in [2.75, 3.05) is 26.2 Å². The van der Waals surface area contributed by atoms with Crippen molar-refractivity contribution in [1.82, 2.24) is 10.2 Å². The van der Waals surface area contributed by atoms with Crippen LogP contribution in [0, 0.1) is 5.92 Å². The second kappa shape index (κ2) is 12.5. The molecule has 4 atom stereocenters. The molecule has 2 aromatic rings. The van der Waals surface area contributed by atoms with Gasteiger partial charge in [-0.2, -0.15) is 0 Å². The third-order valence-electron chi connectivity index (χ3n) is 7.85. The summed E-state index contributed by atoms with van der Waals surface area (Å²) in [5.41, 5.74) is 7.89. The van der Waals surface area contributed by atoms with E-state index in [2.05, 4.69) is 18.3 Å². The van der Waals surface area contributed by atoms with Gasteiger partial charge in [-0.1, -0.05) is 54.9 Å². The van der Waals surface area contributed by atoms with Gasteiger partial charge < -0.3 is 30.9 Å². The minimum atomic E-state index is -1.52. The number of carboxylic acid groups (broad SMARTS) is 1. The number of nitrogens with two attached hydrogens (primary N) is 1. The monoisotopic (exact) mass is 543 g/mol. The highest BCUT2D eigenvalue weighted by atomic mass is 35.5. The number of hydrogen-bond donors (Lipinski definition) is 4. The summed E-state index contributed by atoms with van der Waals surface area (Å²) in [5, 5.41) is 24.4. The average Bonchev–Trinajstić information content (AvgIpc) is 3.36. The van der Waals surface area contributed by atoms with Gasteiger partial charge in [-0.15, -0.1) is 0 Å². The van der Waals surface area contributed by atoms with Gasteiger partial charge >= 0.3 is 6.09 Å². The number of amides is 2. The smallest absolute Gasteiger partial charge is 0.404 e. The Morgan fingerprint density at radius 1 is 1.24 bits per heavy atom. The zero-order valence-corrected chi connectivity index (χ0v) is 22.6. The number of carbonyl (C=O) groups is 2. The molecule has 2 amide bonds. The maximum absolute atomic E-state index is 13.3. The number of aryl methyl sites for hydroxylation is 1. The first kappa shape index (κ1) is 28.4. The number of nitrogens with one attached hydrogen (secondary N) is 1. The average molecular weight is 544 g/mol. The molecule has 1 aliphatic carbocycles. The fourth-order valence-electron chi connectivity index (χ4n) is 5.78. The summed E-state index contributed by atoms with van der Waals surface area (Å²) >= 11 is 6.77. The molecule has 0 radical (unpaired) electrons. The molecule has 2 fully saturated rings. The summed E-state index contributed by atoms with van der Waals surface area (Å²) in [6.45, 7) is 3.24. The molecular weight excluding hydrogens is 506 g/mol. The second-order valence-corrected chi connectivity index (χ2v) is 10.8. The summed E-state index contributed by atoms with van der Waals surface area (Å²) in [4.78, 5) is 26.2. The molecule has 38 heavy (non-hydrogen) atoms. The molecule has 206 valence electrons. The molecule has 0 spiro atoms. The third-order valence-corrected chi connectivity index (χ3v) is 8.16. The van der Waals surface area contributed by atoms with Crippen LogP contribution in [0.3, 0.4) is 0 Å². The van der Waals surface area contributed by atoms with E-state index in [4.69, 9.17) is 27.2 Å². The Kier molecular flexibility index (Phi) is 9.31. The van der Waals surface area contributed by atoms with Gasteiger partial charge in [0.2, 0.25) is 5.91 Å². The van der Waals surface area contributed by atoms with Gasteiger partial charge in [-0.05, 0) is 61.3 Å². The molecule has 2 aromatic carbocycles. The van der Waals surface area contributed by atoms with E-state index in [1.54, 1.807) is 17.0 Å². The molecule has 4 rings (SSSR count). The number of halogens is 1. The van der Waals surface area contributed by atoms with E-state index in [1.807, 2.05) is 24.3 Å². The summed E-state index contributed by atoms with van der Waals surface area (Å²) in [7, 11) is 0. The first-order valence-electron chi connectivity index (χ1n) is 13.5. The zero-order chi connectivity index (χ0) is 27.3. The van der Waals surface area contributed by atoms with Crippen LogP contribution < -0.4 is 11.1 Å². The number of rotatable bonds is 9. The van der Waals surface area contributed by atoms with Crippen molar-refractivity contribution in [3.63, 3.8) is 0 Å². The van der Waals surface area contributed by atoms with Crippen LogP contribution >= 0.6 is 11.6 Å². The lowest BCUT2D eigenvalue weighted by atomic mass is 9.79. The normalized spacial score (nSPS) is 23.2. The van der Waals surface area contributed by atoms with Crippen molar-refractivity contribution in [3.8, 4) is 11.1 Å². The van der Waals surface area contributed by atoms with Crippen LogP contribution in [-0.2, 0) is 21.6 Å². The molecule has 0 aromatic heterocycles. The van der Waals surface area contributed by atoms with Crippen LogP contribution in [0.4, 0.5) is 4.79 Å². The highest BCUT2D eigenvalue weighted by Crippen LogP contribution is 2.43. The molecule has 1 aliphatic heterocycles. The van der Waals surface area contributed by atoms with Gasteiger partial charge in [0.25, 0.3) is 0 Å². The number of nitrogens with zero attached hydrogens (tertiary/aromatic N) is 1. The molecule has 0 bridgehead atoms. The van der Waals surface area contributed by atoms with Gasteiger partial charge in [0, 0.05) is 35.6 Å². The fourth-order valence-corrected chi connectivity index (χ4v) is 6.07. The van der Waals surface area contributed by atoms with Crippen LogP contribution in [-0.4, -0.2) is 65.5 Å². The Morgan fingerprint density at radius 3 is 2.74 bits per heavy atom. The number of carbonyl (C=O) groups excluding carboxylic acids is 1. The second-order valence-electron chi connectivity index (χ2n) is 10.4. The SMILES string of the molecule is CCc1cccc(-c2c(Cl)cccc2[C@](O)(CCCNC(=O)O)[C@H]2CN(C(=O)[C@@H]3CC[C@H](N)C3)CCO2)c1. The molecular formula is C29H38ClN3O5. The van der Waals surface area contributed by atoms with Gasteiger partial charge in [0.1, 0.15) is 11.7 Å². The van der Waals surface area contributed by atoms with Gasteiger partial charge in [-0.3, -0.25) is 4.79 Å². The van der Waals surface area contributed by atoms with E-state index in [1.165, 1.54) is 0 Å². The number of morpholine rings is 1. The molecule has 8 nitrogen and oxygen atoms in total. The Morgan fingerprint density at radius 2 is 2.03 bits per heavy atom. The predicted molar refractivity (Wildman–Crippen MR) is 147 cm³/mol. The standard InChI is InChI=1S/C29H38ClN3O5/c1-2-19-6-3-7-20(16-19)26-23(8-4-9-24(26)30)29(37,12-5-13-32-28(35)36)25-18-33(14-15-38-25)27(34)21-10-11-22(31)17-21/h3-4,6-9,16,21-22,25,32,37H,2,5,10-15,17-18,31H2,1H3,(H,35,36)/t21-,22+,25-,29-/m1/s1. The number of ether oxygens (including phenoxy) is 1. The molecule has 0 unspecified atom stereocenters. The third kappa shape index (κ3) is 6.31. The van der Waals surface area contributed by atoms with Crippen LogP contribution in [0.1, 0.15) is 50.2 Å². The minimum Gasteiger partial charge on any atom is -0.465 e. The maximum atomic E-state index is 13.3. The quantitative estimate of drug-likeness (QED) is 0.352. The molecule has 1 saturated heterocycles. The summed E-state index contributed by atoms with van der Waals surface area (Å²) in [5.74, 6) is -0.0433. The van der Waals surface area contributed by atoms with Crippen molar-refractivity contribution in [3.05, 3.63) is 58.6 Å². The number of hydrogen-bond acceptors (Lipinski definition) is 5. The summed E-state index contributed by atoms with van der Waals surface area (Å²) in [6.07, 6.45) is 1.90. The van der Waals surface area contributed by atoms with E-state index in [0.29, 0.717) is 42.1 Å². The van der Waals surface area contributed by atoms with Crippen LogP contribution in [0.5, 0.6) is 0 Å². The first-order chi connectivity index (χ1) is 18.2. The van der Waals surface area contributed by atoms with Gasteiger partial charge in [0.15, 0.2) is 0 Å². The van der Waals surface area contributed by atoms with Crippen LogP contribution in [0.2, 0.25) is 5.02 Å². The van der Waals surface area contributed by atoms with E-state index in [9.17, 15) is 14.7 Å². The van der Waals surface area contributed by atoms with E-state index in [-0.39, 0.29) is 37.4 Å². The van der Waals surface area contributed by atoms with E-state index < -0.39 is 17.8 Å². The Labute approximate surface area is 229 Å². The summed E-state index contributed by atoms with van der Waals surface area (Å²) < 4.78 is 6.17. The first-order valence-corrected chi connectivity index (χ1v) is 13.8. The van der Waals surface area contributed by atoms with E-state index >= 15 is 0 Å². The molecule has 5 N–H and O–H groups in total. The van der Waals surface area contributed by atoms with Crippen molar-refractivity contribution in [2.45, 2.75) is 63.2 Å². The number of aliphatic hydroxyl groups is 1. The van der Waals surface area contributed by atoms with E-state index in [0.717, 1.165) is 30.4 Å². The molecule has 1 heterocycles. The largest absolute Gasteiger partial charge is 0.465 e. The van der Waals surface area contributed by atoms with Gasteiger partial charge in [0.05, 0.1) is 13.2 Å². The number of benzene rings is 2. The van der Waals surface area contributed by atoms with Crippen molar-refractivity contribution < 1.29 is 24.5 Å². The Bertz CT molecular complexity index is 1140. The van der Waals surface area contributed by atoms with Crippen LogP contribution in [0.15, 0.2) is 42.5 Å². The lowest BCUT2D eigenvalue weighted by Gasteiger charge is -2.44. The highest BCUT2D eigenvalue weighted by molar-refractivity contribution is 6.33. The Balaban J connectivity index is 1.70. The van der Waals surface area contributed by atoms with Crippen LogP contribution in [0.25, 0.3) is 11.1 Å². The highest BCUT2D eigenvalue weighted by Gasteiger charge is 2.45. The van der Waals surface area contributed by atoms with Gasteiger partial charge in [-0.25, -0.2) is 4.79 Å². The zero-order valence-electron chi connectivity index (χ0n) is 21.9. The lowest BCUT2D eigenvalue weighted by molar-refractivity contribution is -0.167. The predicted octanol–water partition coefficient (Wildman–Crippen LogP) is 4.16. The fraction of sp³-hybridized carbons (Fsp3) is 0.517. The van der Waals surface area contributed by atoms with Crippen molar-refractivity contribution in [2.24, 2.45) is 11.7 Å². The minimum absolute atomic E-state index is 0.0485. The molecule has 1 saturated carbocycles. The topological polar surface area (TPSA) is 125 Å². The molecule has 2 aliphatic rings. The maximum Gasteiger partial charge on any atom is 0.404 e. The van der Waals surface area contributed by atoms with Crippen molar-refractivity contribution in [1.29, 1.82) is 0 Å².